The summed E-state index contributed by atoms with van der Waals surface area (Å²) in [6.07, 6.45) is 0. The molecule has 1 aliphatic rings. The quantitative estimate of drug-likeness (QED) is 0.810. The molecule has 3 rings (SSSR count). The molecule has 2 N–H and O–H groups in total. The van der Waals surface area contributed by atoms with Crippen LogP contribution < -0.4 is 20.1 Å². The highest BCUT2D eigenvalue weighted by Gasteiger charge is 2.23. The van der Waals surface area contributed by atoms with E-state index >= 15 is 0 Å². The van der Waals surface area contributed by atoms with Gasteiger partial charge in [0, 0.05) is 26.7 Å². The number of carbonyl (C=O) groups is 1. The molecule has 0 saturated carbocycles. The van der Waals surface area contributed by atoms with Crippen LogP contribution >= 0.6 is 0 Å². The van der Waals surface area contributed by atoms with Crippen LogP contribution in [0.15, 0.2) is 30.3 Å². The lowest BCUT2D eigenvalue weighted by molar-refractivity contribution is -0.00991. The Bertz CT molecular complexity index is 796. The highest BCUT2D eigenvalue weighted by molar-refractivity contribution is 5.86. The van der Waals surface area contributed by atoms with Crippen molar-refractivity contribution >= 4 is 16.8 Å². The smallest absolute Gasteiger partial charge is 0.314 e. The number of hydrogen-bond donors (Lipinski definition) is 2. The van der Waals surface area contributed by atoms with Crippen molar-refractivity contribution in [2.24, 2.45) is 0 Å². The zero-order chi connectivity index (χ0) is 19.2. The summed E-state index contributed by atoms with van der Waals surface area (Å²) >= 11 is 0. The van der Waals surface area contributed by atoms with Gasteiger partial charge in [-0.3, -0.25) is 4.90 Å². The van der Waals surface area contributed by atoms with Crippen LogP contribution in [0, 0.1) is 0 Å². The molecule has 7 heteroatoms. The van der Waals surface area contributed by atoms with E-state index in [-0.39, 0.29) is 12.1 Å². The average molecular weight is 373 g/mol. The van der Waals surface area contributed by atoms with Crippen LogP contribution in [0.1, 0.15) is 5.56 Å². The van der Waals surface area contributed by atoms with Crippen LogP contribution in [0.3, 0.4) is 0 Å². The van der Waals surface area contributed by atoms with Crippen molar-refractivity contribution in [3.63, 3.8) is 0 Å². The fourth-order valence-electron chi connectivity index (χ4n) is 3.34. The number of fused-ring (bicyclic) bond motifs is 1. The highest BCUT2D eigenvalue weighted by Crippen LogP contribution is 2.32. The van der Waals surface area contributed by atoms with Crippen molar-refractivity contribution in [3.05, 3.63) is 35.9 Å². The summed E-state index contributed by atoms with van der Waals surface area (Å²) in [4.78, 5) is 13.8. The summed E-state index contributed by atoms with van der Waals surface area (Å²) in [6, 6.07) is 10.4. The number of amides is 2. The van der Waals surface area contributed by atoms with Gasteiger partial charge in [0.05, 0.1) is 33.5 Å². The molecule has 146 valence electrons. The van der Waals surface area contributed by atoms with Gasteiger partial charge in [0.15, 0.2) is 11.5 Å². The van der Waals surface area contributed by atoms with Crippen molar-refractivity contribution in [1.82, 2.24) is 15.5 Å². The van der Waals surface area contributed by atoms with Crippen molar-refractivity contribution in [3.8, 4) is 11.5 Å². The number of nitrogens with zero attached hydrogens (tertiary/aromatic N) is 1. The minimum absolute atomic E-state index is 0.150. The van der Waals surface area contributed by atoms with Gasteiger partial charge in [0.25, 0.3) is 0 Å². The van der Waals surface area contributed by atoms with Gasteiger partial charge < -0.3 is 24.8 Å². The van der Waals surface area contributed by atoms with Crippen LogP contribution in [0.25, 0.3) is 10.8 Å². The molecule has 2 aromatic carbocycles. The number of methoxy groups -OCH3 is 2. The molecule has 1 unspecified atom stereocenters. The largest absolute Gasteiger partial charge is 0.493 e. The Morgan fingerprint density at radius 2 is 1.93 bits per heavy atom. The number of nitrogens with one attached hydrogen (secondary N) is 2. The summed E-state index contributed by atoms with van der Waals surface area (Å²) in [6.45, 7) is 3.51. The monoisotopic (exact) mass is 373 g/mol. The fourth-order valence-corrected chi connectivity index (χ4v) is 3.34. The molecule has 0 spiro atoms. The number of morpholine rings is 1. The predicted octanol–water partition coefficient (Wildman–Crippen LogP) is 1.99. The van der Waals surface area contributed by atoms with Crippen molar-refractivity contribution in [1.29, 1.82) is 0 Å². The summed E-state index contributed by atoms with van der Waals surface area (Å²) in [5.74, 6) is 1.45. The lowest BCUT2D eigenvalue weighted by Crippen LogP contribution is -2.51. The number of urea groups is 1. The molecule has 0 radical (unpaired) electrons. The maximum Gasteiger partial charge on any atom is 0.314 e. The number of rotatable bonds is 6. The van der Waals surface area contributed by atoms with Gasteiger partial charge >= 0.3 is 6.03 Å². The van der Waals surface area contributed by atoms with Crippen LogP contribution in [-0.2, 0) is 11.3 Å². The van der Waals surface area contributed by atoms with E-state index in [4.69, 9.17) is 14.2 Å². The first-order valence-electron chi connectivity index (χ1n) is 9.06. The number of hydrogen-bond acceptors (Lipinski definition) is 5. The molecule has 1 heterocycles. The topological polar surface area (TPSA) is 72.1 Å². The van der Waals surface area contributed by atoms with Crippen LogP contribution in [0.2, 0.25) is 0 Å². The third-order valence-electron chi connectivity index (χ3n) is 4.87. The summed E-state index contributed by atoms with van der Waals surface area (Å²) in [7, 11) is 4.90. The van der Waals surface area contributed by atoms with Crippen LogP contribution in [-0.4, -0.2) is 64.5 Å². The van der Waals surface area contributed by atoms with Gasteiger partial charge in [-0.1, -0.05) is 12.1 Å². The molecule has 1 saturated heterocycles. The minimum atomic E-state index is -0.174. The van der Waals surface area contributed by atoms with Gasteiger partial charge in [-0.25, -0.2) is 4.79 Å². The SMILES string of the molecule is CNC(=O)NCC1COCCN1Cc1ccc2cc(OC)c(OC)cc2c1. The van der Waals surface area contributed by atoms with E-state index in [9.17, 15) is 4.79 Å². The van der Waals surface area contributed by atoms with E-state index in [0.717, 1.165) is 35.4 Å². The van der Waals surface area contributed by atoms with Crippen molar-refractivity contribution < 1.29 is 19.0 Å². The molecule has 27 heavy (non-hydrogen) atoms. The molecule has 1 aliphatic heterocycles. The fraction of sp³-hybridized carbons (Fsp3) is 0.450. The van der Waals surface area contributed by atoms with E-state index in [1.807, 2.05) is 12.1 Å². The second kappa shape index (κ2) is 8.92. The van der Waals surface area contributed by atoms with Gasteiger partial charge in [-0.2, -0.15) is 0 Å². The van der Waals surface area contributed by atoms with Gasteiger partial charge in [-0.15, -0.1) is 0 Å². The van der Waals surface area contributed by atoms with Gasteiger partial charge in [0.1, 0.15) is 0 Å². The first-order valence-corrected chi connectivity index (χ1v) is 9.06. The second-order valence-corrected chi connectivity index (χ2v) is 6.55. The van der Waals surface area contributed by atoms with Crippen LogP contribution in [0.4, 0.5) is 4.79 Å². The first-order chi connectivity index (χ1) is 13.1. The lowest BCUT2D eigenvalue weighted by atomic mass is 10.0. The molecule has 1 atom stereocenters. The highest BCUT2D eigenvalue weighted by atomic mass is 16.5. The Kier molecular flexibility index (Phi) is 6.36. The molecule has 2 aromatic rings. The number of benzene rings is 2. The van der Waals surface area contributed by atoms with E-state index in [2.05, 4.69) is 33.7 Å². The van der Waals surface area contributed by atoms with Gasteiger partial charge in [0.2, 0.25) is 0 Å². The summed E-state index contributed by atoms with van der Waals surface area (Å²) < 4.78 is 16.4. The van der Waals surface area contributed by atoms with E-state index in [1.165, 1.54) is 5.56 Å². The Morgan fingerprint density at radius 3 is 2.63 bits per heavy atom. The predicted molar refractivity (Wildman–Crippen MR) is 105 cm³/mol. The Labute approximate surface area is 159 Å². The Morgan fingerprint density at radius 1 is 1.19 bits per heavy atom. The summed E-state index contributed by atoms with van der Waals surface area (Å²) in [5.41, 5.74) is 1.21. The second-order valence-electron chi connectivity index (χ2n) is 6.55. The Balaban J connectivity index is 1.76. The molecular weight excluding hydrogens is 346 g/mol. The molecular formula is C20H27N3O4. The van der Waals surface area contributed by atoms with Crippen molar-refractivity contribution in [2.75, 3.05) is 47.6 Å². The van der Waals surface area contributed by atoms with Gasteiger partial charge in [-0.05, 0) is 34.5 Å². The number of carbonyl (C=O) groups excluding carboxylic acids is 1. The maximum atomic E-state index is 11.5. The molecule has 2 amide bonds. The van der Waals surface area contributed by atoms with E-state index < -0.39 is 0 Å². The molecule has 0 aromatic heterocycles. The molecule has 1 fully saturated rings. The average Bonchev–Trinajstić information content (AvgIpc) is 2.71. The van der Waals surface area contributed by atoms with E-state index in [0.29, 0.717) is 19.8 Å². The standard InChI is InChI=1S/C20H27N3O4/c1-21-20(24)22-11-17-13-27-7-6-23(17)12-14-4-5-15-9-18(25-2)19(26-3)10-16(15)8-14/h4-5,8-10,17H,6-7,11-13H2,1-3H3,(H2,21,22,24). The minimum Gasteiger partial charge on any atom is -0.493 e. The Hall–Kier alpha value is -2.51. The maximum absolute atomic E-state index is 11.5. The number of ether oxygens (including phenoxy) is 3. The molecule has 7 nitrogen and oxygen atoms in total. The molecule has 0 aliphatic carbocycles. The first kappa shape index (κ1) is 19.3. The zero-order valence-corrected chi connectivity index (χ0v) is 16.1. The third kappa shape index (κ3) is 4.61. The van der Waals surface area contributed by atoms with Crippen molar-refractivity contribution in [2.45, 2.75) is 12.6 Å². The lowest BCUT2D eigenvalue weighted by Gasteiger charge is -2.35. The third-order valence-corrected chi connectivity index (χ3v) is 4.87. The van der Waals surface area contributed by atoms with E-state index in [1.54, 1.807) is 21.3 Å². The molecule has 0 bridgehead atoms. The normalized spacial score (nSPS) is 17.5. The summed E-state index contributed by atoms with van der Waals surface area (Å²) in [5, 5.41) is 7.67. The van der Waals surface area contributed by atoms with Crippen LogP contribution in [0.5, 0.6) is 11.5 Å². The zero-order valence-electron chi connectivity index (χ0n) is 16.1.